The maximum atomic E-state index is 17.2. The number of nitrogen functional groups attached to an aromatic ring is 1. The van der Waals surface area contributed by atoms with Crippen LogP contribution in [-0.4, -0.2) is 82.8 Å². The van der Waals surface area contributed by atoms with Crippen LogP contribution in [0.4, 0.5) is 37.2 Å². The average Bonchev–Trinajstić information content (AvgIpc) is 3.84. The maximum Gasteiger partial charge on any atom is 0.417 e. The lowest BCUT2D eigenvalue weighted by atomic mass is 9.92. The van der Waals surface area contributed by atoms with Crippen LogP contribution in [0.1, 0.15) is 50.7 Å². The summed E-state index contributed by atoms with van der Waals surface area (Å²) in [6, 6.07) is 3.31. The highest BCUT2D eigenvalue weighted by molar-refractivity contribution is 7.23. The summed E-state index contributed by atoms with van der Waals surface area (Å²) >= 11 is 0.677. The third kappa shape index (κ3) is 5.78. The second-order valence-electron chi connectivity index (χ2n) is 13.7. The number of carbonyl (C=O) groups excluding carboxylic acids is 1. The zero-order chi connectivity index (χ0) is 37.3. The lowest BCUT2D eigenvalue weighted by Crippen LogP contribution is -2.44. The summed E-state index contributed by atoms with van der Waals surface area (Å²) in [6.07, 6.45) is -0.993. The van der Waals surface area contributed by atoms with Crippen LogP contribution in [0.5, 0.6) is 6.01 Å². The first-order valence-corrected chi connectivity index (χ1v) is 17.7. The molecule has 1 amide bonds. The first-order valence-electron chi connectivity index (χ1n) is 16.9. The standard InChI is InChI=1S/C36H35F6N7O2S/c1-4-6-26(50)49-12-9-25(18(49)2)47(3)33-21-13-23(36(40,41)42)28(20-7-8-24(38)31-27(20)22(15-43)32(44)52-31)29(39)30(21)45-34(46-33)51-17-35-10-5-11-48(35)16-19(37)14-35/h4,6-8,13,18-19,25H,5,9-12,14,16-17,44H2,1-3H3/b6-4-. The van der Waals surface area contributed by atoms with E-state index in [4.69, 9.17) is 10.5 Å². The number of nitrogens with zero attached hydrogens (tertiary/aromatic N) is 6. The molecule has 0 spiro atoms. The third-order valence-corrected chi connectivity index (χ3v) is 11.8. The molecule has 2 aromatic heterocycles. The van der Waals surface area contributed by atoms with Crippen molar-refractivity contribution in [1.29, 1.82) is 5.26 Å². The predicted octanol–water partition coefficient (Wildman–Crippen LogP) is 7.22. The molecule has 274 valence electrons. The summed E-state index contributed by atoms with van der Waals surface area (Å²) in [5.74, 6) is -2.51. The van der Waals surface area contributed by atoms with Gasteiger partial charge in [-0.15, -0.1) is 11.3 Å². The van der Waals surface area contributed by atoms with Gasteiger partial charge in [-0.3, -0.25) is 9.69 Å². The number of halogens is 6. The van der Waals surface area contributed by atoms with Gasteiger partial charge in [0.05, 0.1) is 27.4 Å². The number of ether oxygens (including phenoxy) is 1. The molecule has 5 heterocycles. The number of amides is 1. The van der Waals surface area contributed by atoms with Crippen LogP contribution < -0.4 is 15.4 Å². The van der Waals surface area contributed by atoms with E-state index in [1.54, 1.807) is 29.8 Å². The van der Waals surface area contributed by atoms with E-state index in [0.29, 0.717) is 37.3 Å². The molecule has 3 aliphatic heterocycles. The highest BCUT2D eigenvalue weighted by Crippen LogP contribution is 2.48. The summed E-state index contributed by atoms with van der Waals surface area (Å²) < 4.78 is 97.8. The summed E-state index contributed by atoms with van der Waals surface area (Å²) in [5, 5.41) is 9.20. The Bertz CT molecular complexity index is 2170. The van der Waals surface area contributed by atoms with Gasteiger partial charge in [-0.05, 0) is 63.4 Å². The molecule has 0 bridgehead atoms. The Morgan fingerprint density at radius 3 is 2.75 bits per heavy atom. The van der Waals surface area contributed by atoms with Crippen LogP contribution in [-0.2, 0) is 11.0 Å². The SMILES string of the molecule is C/C=C\C(=O)N1CCC(N(C)c2nc(OCC34CCCN3CC(F)C4)nc3c(F)c(-c4ccc(F)c5sc(N)c(C#N)c45)c(C(F)(F)F)cc23)C1C. The Hall–Kier alpha value is -4.62. The summed E-state index contributed by atoms with van der Waals surface area (Å²) in [6.45, 7) is 4.80. The van der Waals surface area contributed by atoms with Gasteiger partial charge in [-0.2, -0.15) is 28.4 Å². The number of allylic oxidation sites excluding steroid dienone is 1. The molecule has 9 nitrogen and oxygen atoms in total. The number of likely N-dealkylation sites (N-methyl/N-ethyl adjacent to an activating group) is 1. The zero-order valence-corrected chi connectivity index (χ0v) is 29.3. The second kappa shape index (κ2) is 13.1. The summed E-state index contributed by atoms with van der Waals surface area (Å²) in [7, 11) is 1.61. The van der Waals surface area contributed by atoms with Gasteiger partial charge in [0.2, 0.25) is 5.91 Å². The van der Waals surface area contributed by atoms with Gasteiger partial charge in [-0.25, -0.2) is 13.2 Å². The fourth-order valence-corrected chi connectivity index (χ4v) is 9.26. The Labute approximate surface area is 299 Å². The van der Waals surface area contributed by atoms with E-state index in [1.165, 1.54) is 6.08 Å². The topological polar surface area (TPSA) is 112 Å². The van der Waals surface area contributed by atoms with Crippen LogP contribution in [0.15, 0.2) is 30.4 Å². The van der Waals surface area contributed by atoms with E-state index in [2.05, 4.69) is 9.97 Å². The van der Waals surface area contributed by atoms with Crippen molar-refractivity contribution in [2.75, 3.05) is 43.9 Å². The second-order valence-corrected chi connectivity index (χ2v) is 14.7. The van der Waals surface area contributed by atoms with Gasteiger partial charge in [-0.1, -0.05) is 12.1 Å². The number of anilines is 2. The highest BCUT2D eigenvalue weighted by atomic mass is 32.1. The quantitative estimate of drug-likeness (QED) is 0.156. The molecule has 7 rings (SSSR count). The molecule has 4 atom stereocenters. The molecule has 52 heavy (non-hydrogen) atoms. The number of fused-ring (bicyclic) bond motifs is 3. The molecule has 4 aromatic rings. The van der Waals surface area contributed by atoms with Crippen LogP contribution in [0.3, 0.4) is 0 Å². The fourth-order valence-electron chi connectivity index (χ4n) is 8.32. The van der Waals surface area contributed by atoms with E-state index in [1.807, 2.05) is 17.9 Å². The van der Waals surface area contributed by atoms with Crippen molar-refractivity contribution < 1.29 is 35.9 Å². The molecule has 3 saturated heterocycles. The van der Waals surface area contributed by atoms with E-state index < -0.39 is 58.2 Å². The molecule has 3 aliphatic rings. The number of carbonyl (C=O) groups is 1. The molecule has 2 aromatic carbocycles. The van der Waals surface area contributed by atoms with E-state index >= 15 is 17.6 Å². The van der Waals surface area contributed by atoms with Crippen molar-refractivity contribution in [1.82, 2.24) is 19.8 Å². The van der Waals surface area contributed by atoms with Crippen LogP contribution in [0.2, 0.25) is 0 Å². The normalized spacial score (nSPS) is 23.6. The van der Waals surface area contributed by atoms with Gasteiger partial charge < -0.3 is 20.3 Å². The van der Waals surface area contributed by atoms with Gasteiger partial charge in [0.25, 0.3) is 0 Å². The first kappa shape index (κ1) is 35.8. The zero-order valence-electron chi connectivity index (χ0n) is 28.5. The monoisotopic (exact) mass is 743 g/mol. The van der Waals surface area contributed by atoms with E-state index in [9.17, 15) is 18.8 Å². The number of alkyl halides is 4. The molecule has 0 saturated carbocycles. The largest absolute Gasteiger partial charge is 0.461 e. The molecule has 0 aliphatic carbocycles. The van der Waals surface area contributed by atoms with Gasteiger partial charge >= 0.3 is 12.2 Å². The van der Waals surface area contributed by atoms with Crippen LogP contribution >= 0.6 is 11.3 Å². The Morgan fingerprint density at radius 1 is 1.27 bits per heavy atom. The molecule has 0 radical (unpaired) electrons. The molecule has 16 heteroatoms. The Kier molecular flexibility index (Phi) is 9.01. The number of hydrogen-bond donors (Lipinski definition) is 1. The molecular formula is C36H35F6N7O2S. The number of rotatable bonds is 7. The average molecular weight is 744 g/mol. The van der Waals surface area contributed by atoms with Crippen molar-refractivity contribution in [3.05, 3.63) is 53.1 Å². The van der Waals surface area contributed by atoms with Gasteiger partial charge in [0.1, 0.15) is 41.0 Å². The summed E-state index contributed by atoms with van der Waals surface area (Å²) in [5.41, 5.74) is 1.85. The van der Waals surface area contributed by atoms with Crippen molar-refractivity contribution >= 4 is 49.1 Å². The molecule has 2 N–H and O–H groups in total. The minimum atomic E-state index is -5.13. The number of thiophene rings is 1. The predicted molar refractivity (Wildman–Crippen MR) is 186 cm³/mol. The summed E-state index contributed by atoms with van der Waals surface area (Å²) in [4.78, 5) is 27.0. The Balaban J connectivity index is 1.44. The van der Waals surface area contributed by atoms with E-state index in [-0.39, 0.29) is 68.9 Å². The lowest BCUT2D eigenvalue weighted by molar-refractivity contribution is -0.137. The smallest absolute Gasteiger partial charge is 0.417 e. The number of nitriles is 1. The van der Waals surface area contributed by atoms with Crippen LogP contribution in [0, 0.1) is 23.0 Å². The lowest BCUT2D eigenvalue weighted by Gasteiger charge is -2.33. The number of aromatic nitrogens is 2. The fraction of sp³-hybridized carbons (Fsp3) is 0.444. The number of benzene rings is 2. The minimum Gasteiger partial charge on any atom is -0.461 e. The number of hydrogen-bond acceptors (Lipinski definition) is 9. The molecular weight excluding hydrogens is 708 g/mol. The molecule has 4 unspecified atom stereocenters. The third-order valence-electron chi connectivity index (χ3n) is 10.8. The number of likely N-dealkylation sites (tertiary alicyclic amines) is 1. The number of nitrogens with two attached hydrogens (primary N) is 1. The highest BCUT2D eigenvalue weighted by Gasteiger charge is 2.49. The molecule has 3 fully saturated rings. The minimum absolute atomic E-state index is 0.0268. The maximum absolute atomic E-state index is 17.2. The van der Waals surface area contributed by atoms with Crippen molar-refractivity contribution in [3.63, 3.8) is 0 Å². The van der Waals surface area contributed by atoms with Crippen molar-refractivity contribution in [3.8, 4) is 23.2 Å². The van der Waals surface area contributed by atoms with Crippen molar-refractivity contribution in [2.45, 2.75) is 69.5 Å². The van der Waals surface area contributed by atoms with Gasteiger partial charge in [0, 0.05) is 48.9 Å². The van der Waals surface area contributed by atoms with E-state index in [0.717, 1.165) is 24.6 Å². The first-order chi connectivity index (χ1) is 24.7. The van der Waals surface area contributed by atoms with Gasteiger partial charge in [0.15, 0.2) is 5.82 Å². The van der Waals surface area contributed by atoms with Crippen molar-refractivity contribution in [2.24, 2.45) is 0 Å². The Morgan fingerprint density at radius 2 is 2.04 bits per heavy atom. The van der Waals surface area contributed by atoms with Crippen LogP contribution in [0.25, 0.3) is 32.1 Å².